The van der Waals surface area contributed by atoms with Gasteiger partial charge in [0, 0.05) is 34.5 Å². The Balaban J connectivity index is 1.85. The Morgan fingerprint density at radius 3 is 2.90 bits per heavy atom. The zero-order valence-corrected chi connectivity index (χ0v) is 12.8. The summed E-state index contributed by atoms with van der Waals surface area (Å²) < 4.78 is 1.15. The summed E-state index contributed by atoms with van der Waals surface area (Å²) in [6, 6.07) is 14.7. The number of nitrogens with one attached hydrogen (secondary N) is 1. The average molecular weight is 327 g/mol. The molecule has 2 aromatic carbocycles. The summed E-state index contributed by atoms with van der Waals surface area (Å²) in [4.78, 5) is 4.21. The average Bonchev–Trinajstić information content (AvgIpc) is 2.48. The largest absolute Gasteiger partial charge is 0.380 e. The molecule has 0 atom stereocenters. The Bertz CT molecular complexity index is 748. The molecular weight excluding hydrogens is 312 g/mol. The van der Waals surface area contributed by atoms with Crippen LogP contribution in [0.2, 0.25) is 0 Å². The maximum Gasteiger partial charge on any atom is 0.0438 e. The molecule has 1 N–H and O–H groups in total. The predicted octanol–water partition coefficient (Wildman–Crippen LogP) is 4.92. The second-order valence-electron chi connectivity index (χ2n) is 4.84. The van der Waals surface area contributed by atoms with Crippen LogP contribution in [0.15, 0.2) is 59.3 Å². The van der Waals surface area contributed by atoms with Gasteiger partial charge in [-0.15, -0.1) is 0 Å². The molecule has 0 saturated heterocycles. The zero-order chi connectivity index (χ0) is 13.9. The minimum Gasteiger partial charge on any atom is -0.380 e. The van der Waals surface area contributed by atoms with Crippen LogP contribution in [0, 0.1) is 6.92 Å². The number of aromatic nitrogens is 1. The Hall–Kier alpha value is -1.87. The van der Waals surface area contributed by atoms with Gasteiger partial charge in [0.05, 0.1) is 0 Å². The summed E-state index contributed by atoms with van der Waals surface area (Å²) in [5.41, 5.74) is 3.65. The molecule has 3 heteroatoms. The first-order chi connectivity index (χ1) is 9.74. The molecule has 0 aliphatic heterocycles. The number of benzene rings is 2. The van der Waals surface area contributed by atoms with Gasteiger partial charge in [-0.3, -0.25) is 4.98 Å². The summed E-state index contributed by atoms with van der Waals surface area (Å²) in [5.74, 6) is 0. The van der Waals surface area contributed by atoms with E-state index in [1.165, 1.54) is 16.5 Å². The van der Waals surface area contributed by atoms with Crippen molar-refractivity contribution in [1.82, 2.24) is 4.98 Å². The van der Waals surface area contributed by atoms with E-state index in [0.29, 0.717) is 0 Å². The standard InChI is InChI=1S/C17H15BrN2/c1-12-9-13(5-6-16(12)18)10-20-17-4-2-3-14-7-8-19-11-15(14)17/h2-9,11,20H,10H2,1H3. The number of aryl methyl sites for hydroxylation is 1. The van der Waals surface area contributed by atoms with Gasteiger partial charge < -0.3 is 5.32 Å². The topological polar surface area (TPSA) is 24.9 Å². The van der Waals surface area contributed by atoms with Gasteiger partial charge in [0.1, 0.15) is 0 Å². The van der Waals surface area contributed by atoms with Crippen molar-refractivity contribution in [2.45, 2.75) is 13.5 Å². The van der Waals surface area contributed by atoms with Crippen LogP contribution in [-0.4, -0.2) is 4.98 Å². The van der Waals surface area contributed by atoms with E-state index < -0.39 is 0 Å². The third-order valence-electron chi connectivity index (χ3n) is 3.39. The van der Waals surface area contributed by atoms with Crippen molar-refractivity contribution < 1.29 is 0 Å². The molecule has 0 radical (unpaired) electrons. The lowest BCUT2D eigenvalue weighted by molar-refractivity contribution is 1.14. The maximum atomic E-state index is 4.21. The molecular formula is C17H15BrN2. The number of pyridine rings is 1. The third kappa shape index (κ3) is 2.68. The highest BCUT2D eigenvalue weighted by molar-refractivity contribution is 9.10. The number of hydrogen-bond donors (Lipinski definition) is 1. The zero-order valence-electron chi connectivity index (χ0n) is 11.2. The highest BCUT2D eigenvalue weighted by Crippen LogP contribution is 2.23. The molecule has 0 saturated carbocycles. The smallest absolute Gasteiger partial charge is 0.0438 e. The van der Waals surface area contributed by atoms with E-state index in [4.69, 9.17) is 0 Å². The van der Waals surface area contributed by atoms with Gasteiger partial charge >= 0.3 is 0 Å². The number of fused-ring (bicyclic) bond motifs is 1. The fourth-order valence-corrected chi connectivity index (χ4v) is 2.53. The lowest BCUT2D eigenvalue weighted by Gasteiger charge is -2.10. The van der Waals surface area contributed by atoms with Crippen LogP contribution in [0.25, 0.3) is 10.8 Å². The fraction of sp³-hybridized carbons (Fsp3) is 0.118. The molecule has 0 unspecified atom stereocenters. The monoisotopic (exact) mass is 326 g/mol. The van der Waals surface area contributed by atoms with Gasteiger partial charge in [0.15, 0.2) is 0 Å². The SMILES string of the molecule is Cc1cc(CNc2cccc3ccncc23)ccc1Br. The van der Waals surface area contributed by atoms with Gasteiger partial charge in [0.2, 0.25) is 0 Å². The summed E-state index contributed by atoms with van der Waals surface area (Å²) in [6.07, 6.45) is 3.73. The molecule has 2 nitrogen and oxygen atoms in total. The molecule has 0 aliphatic rings. The number of nitrogens with zero attached hydrogens (tertiary/aromatic N) is 1. The minimum atomic E-state index is 0.808. The van der Waals surface area contributed by atoms with Gasteiger partial charge in [-0.05, 0) is 41.6 Å². The molecule has 1 heterocycles. The molecule has 100 valence electrons. The first-order valence-electron chi connectivity index (χ1n) is 6.56. The predicted molar refractivity (Wildman–Crippen MR) is 87.9 cm³/mol. The molecule has 0 amide bonds. The Kier molecular flexibility index (Phi) is 3.70. The molecule has 0 spiro atoms. The molecule has 3 aromatic rings. The first kappa shape index (κ1) is 13.1. The van der Waals surface area contributed by atoms with E-state index in [0.717, 1.165) is 22.1 Å². The van der Waals surface area contributed by atoms with Crippen molar-refractivity contribution in [1.29, 1.82) is 0 Å². The summed E-state index contributed by atoms with van der Waals surface area (Å²) in [5, 5.41) is 5.86. The third-order valence-corrected chi connectivity index (χ3v) is 4.28. The Labute approximate surface area is 127 Å². The first-order valence-corrected chi connectivity index (χ1v) is 7.35. The second-order valence-corrected chi connectivity index (χ2v) is 5.69. The quantitative estimate of drug-likeness (QED) is 0.739. The summed E-state index contributed by atoms with van der Waals surface area (Å²) in [7, 11) is 0. The van der Waals surface area contributed by atoms with Gasteiger partial charge in [0.25, 0.3) is 0 Å². The van der Waals surface area contributed by atoms with Crippen molar-refractivity contribution in [3.05, 3.63) is 70.5 Å². The maximum absolute atomic E-state index is 4.21. The molecule has 20 heavy (non-hydrogen) atoms. The van der Waals surface area contributed by atoms with Crippen molar-refractivity contribution in [2.75, 3.05) is 5.32 Å². The van der Waals surface area contributed by atoms with Crippen LogP contribution >= 0.6 is 15.9 Å². The van der Waals surface area contributed by atoms with Gasteiger partial charge in [-0.1, -0.05) is 40.2 Å². The van der Waals surface area contributed by atoms with E-state index in [1.807, 2.05) is 18.5 Å². The van der Waals surface area contributed by atoms with Gasteiger partial charge in [-0.25, -0.2) is 0 Å². The van der Waals surface area contributed by atoms with Crippen LogP contribution in [0.1, 0.15) is 11.1 Å². The second kappa shape index (κ2) is 5.63. The fourth-order valence-electron chi connectivity index (χ4n) is 2.28. The normalized spacial score (nSPS) is 10.7. The van der Waals surface area contributed by atoms with Crippen LogP contribution in [0.4, 0.5) is 5.69 Å². The lowest BCUT2D eigenvalue weighted by Crippen LogP contribution is -2.00. The van der Waals surface area contributed by atoms with Crippen molar-refractivity contribution in [2.24, 2.45) is 0 Å². The van der Waals surface area contributed by atoms with Crippen molar-refractivity contribution in [3.63, 3.8) is 0 Å². The Morgan fingerprint density at radius 1 is 1.15 bits per heavy atom. The highest BCUT2D eigenvalue weighted by atomic mass is 79.9. The molecule has 0 bridgehead atoms. The molecule has 0 fully saturated rings. The van der Waals surface area contributed by atoms with E-state index in [-0.39, 0.29) is 0 Å². The summed E-state index contributed by atoms with van der Waals surface area (Å²) >= 11 is 3.53. The minimum absolute atomic E-state index is 0.808. The van der Waals surface area contributed by atoms with Crippen LogP contribution < -0.4 is 5.32 Å². The number of hydrogen-bond acceptors (Lipinski definition) is 2. The molecule has 1 aromatic heterocycles. The molecule has 3 rings (SSSR count). The highest BCUT2D eigenvalue weighted by Gasteiger charge is 2.01. The number of rotatable bonds is 3. The lowest BCUT2D eigenvalue weighted by atomic mass is 10.1. The van der Waals surface area contributed by atoms with E-state index in [9.17, 15) is 0 Å². The van der Waals surface area contributed by atoms with Crippen molar-refractivity contribution >= 4 is 32.4 Å². The number of anilines is 1. The molecule has 0 aliphatic carbocycles. The van der Waals surface area contributed by atoms with Crippen LogP contribution in [0.5, 0.6) is 0 Å². The number of halogens is 1. The Morgan fingerprint density at radius 2 is 2.05 bits per heavy atom. The van der Waals surface area contributed by atoms with Crippen LogP contribution in [-0.2, 0) is 6.54 Å². The van der Waals surface area contributed by atoms with Gasteiger partial charge in [-0.2, -0.15) is 0 Å². The van der Waals surface area contributed by atoms with E-state index >= 15 is 0 Å². The summed E-state index contributed by atoms with van der Waals surface area (Å²) in [6.45, 7) is 2.91. The van der Waals surface area contributed by atoms with E-state index in [2.05, 4.69) is 69.6 Å². The van der Waals surface area contributed by atoms with Crippen molar-refractivity contribution in [3.8, 4) is 0 Å². The van der Waals surface area contributed by atoms with Crippen LogP contribution in [0.3, 0.4) is 0 Å². The van der Waals surface area contributed by atoms with E-state index in [1.54, 1.807) is 0 Å².